The summed E-state index contributed by atoms with van der Waals surface area (Å²) in [7, 11) is 0. The summed E-state index contributed by atoms with van der Waals surface area (Å²) < 4.78 is 40.9. The molecule has 2 aromatic rings. The zero-order valence-corrected chi connectivity index (χ0v) is 18.0. The maximum Gasteiger partial charge on any atom is 0.436 e. The van der Waals surface area contributed by atoms with Crippen LogP contribution >= 0.6 is 28.1 Å². The van der Waals surface area contributed by atoms with Gasteiger partial charge in [-0.25, -0.2) is 0 Å². The van der Waals surface area contributed by atoms with E-state index in [1.54, 1.807) is 24.3 Å². The SMILES string of the molecule is CC(=O)c1ccc(NC(=S)NCCCn2nc(C(F)(F)F)c(Br)c2C2CC2)cc1. The van der Waals surface area contributed by atoms with E-state index >= 15 is 0 Å². The molecule has 3 rings (SSSR count). The van der Waals surface area contributed by atoms with Gasteiger partial charge in [-0.05, 0) is 78.6 Å². The first kappa shape index (κ1) is 21.8. The molecule has 1 heterocycles. The van der Waals surface area contributed by atoms with Crippen LogP contribution < -0.4 is 10.6 Å². The van der Waals surface area contributed by atoms with Gasteiger partial charge in [0.2, 0.25) is 0 Å². The lowest BCUT2D eigenvalue weighted by Crippen LogP contribution is -2.30. The Hall–Kier alpha value is -1.94. The van der Waals surface area contributed by atoms with Crippen molar-refractivity contribution in [3.8, 4) is 0 Å². The highest BCUT2D eigenvalue weighted by Gasteiger charge is 2.41. The fraction of sp³-hybridized carbons (Fsp3) is 0.421. The average Bonchev–Trinajstić information content (AvgIpc) is 3.41. The van der Waals surface area contributed by atoms with Crippen LogP contribution in [0.15, 0.2) is 28.7 Å². The van der Waals surface area contributed by atoms with Gasteiger partial charge in [0.15, 0.2) is 16.6 Å². The number of aromatic nitrogens is 2. The molecule has 0 saturated heterocycles. The number of ketones is 1. The number of halogens is 4. The van der Waals surface area contributed by atoms with Crippen LogP contribution in [-0.4, -0.2) is 27.2 Å². The number of thiocarbonyl (C=S) groups is 1. The largest absolute Gasteiger partial charge is 0.436 e. The third kappa shape index (κ3) is 5.57. The maximum atomic E-state index is 13.1. The topological polar surface area (TPSA) is 59.0 Å². The summed E-state index contributed by atoms with van der Waals surface area (Å²) in [5, 5.41) is 10.2. The van der Waals surface area contributed by atoms with Crippen LogP contribution in [0, 0.1) is 0 Å². The standard InChI is InChI=1S/C19H20BrF3N4OS/c1-11(28)12-5-7-14(8-6-12)25-18(29)24-9-2-10-27-16(13-3-4-13)15(20)17(26-27)19(21,22)23/h5-8,13H,2-4,9-10H2,1H3,(H2,24,25,29). The molecule has 1 aliphatic rings. The summed E-state index contributed by atoms with van der Waals surface area (Å²) in [6.45, 7) is 2.35. The maximum absolute atomic E-state index is 13.1. The molecular formula is C19H20BrF3N4OS. The zero-order valence-electron chi connectivity index (χ0n) is 15.6. The van der Waals surface area contributed by atoms with Crippen LogP contribution in [-0.2, 0) is 12.7 Å². The fourth-order valence-electron chi connectivity index (χ4n) is 2.95. The Balaban J connectivity index is 1.51. The van der Waals surface area contributed by atoms with Crippen LogP contribution in [0.2, 0.25) is 0 Å². The quantitative estimate of drug-likeness (QED) is 0.321. The second-order valence-electron chi connectivity index (χ2n) is 6.91. The van der Waals surface area contributed by atoms with Crippen LogP contribution in [0.4, 0.5) is 18.9 Å². The summed E-state index contributed by atoms with van der Waals surface area (Å²) in [4.78, 5) is 11.3. The van der Waals surface area contributed by atoms with Crippen molar-refractivity contribution in [2.75, 3.05) is 11.9 Å². The number of Topliss-reactive ketones (excluding diaryl/α,β-unsaturated/α-hetero) is 1. The van der Waals surface area contributed by atoms with E-state index in [0.717, 1.165) is 18.5 Å². The average molecular weight is 489 g/mol. The third-order valence-corrected chi connectivity index (χ3v) is 5.57. The van der Waals surface area contributed by atoms with E-state index in [2.05, 4.69) is 31.7 Å². The van der Waals surface area contributed by atoms with Crippen molar-refractivity contribution in [2.45, 2.75) is 44.8 Å². The summed E-state index contributed by atoms with van der Waals surface area (Å²) in [6, 6.07) is 6.93. The van der Waals surface area contributed by atoms with Crippen molar-refractivity contribution < 1.29 is 18.0 Å². The molecule has 10 heteroatoms. The zero-order chi connectivity index (χ0) is 21.2. The van der Waals surface area contributed by atoms with Gasteiger partial charge in [-0.3, -0.25) is 9.48 Å². The lowest BCUT2D eigenvalue weighted by atomic mass is 10.1. The van der Waals surface area contributed by atoms with Crippen molar-refractivity contribution in [1.29, 1.82) is 0 Å². The van der Waals surface area contributed by atoms with Gasteiger partial charge in [0.25, 0.3) is 0 Å². The summed E-state index contributed by atoms with van der Waals surface area (Å²) in [5.41, 5.74) is 1.13. The second kappa shape index (κ2) is 8.83. The second-order valence-corrected chi connectivity index (χ2v) is 8.11. The third-order valence-electron chi connectivity index (χ3n) is 4.55. The van der Waals surface area contributed by atoms with Crippen molar-refractivity contribution in [3.05, 3.63) is 45.7 Å². The molecule has 2 N–H and O–H groups in total. The van der Waals surface area contributed by atoms with E-state index in [9.17, 15) is 18.0 Å². The highest BCUT2D eigenvalue weighted by atomic mass is 79.9. The molecule has 29 heavy (non-hydrogen) atoms. The number of carbonyl (C=O) groups excluding carboxylic acids is 1. The number of hydrogen-bond donors (Lipinski definition) is 2. The van der Waals surface area contributed by atoms with Gasteiger partial charge in [0, 0.05) is 30.3 Å². The number of anilines is 1. The van der Waals surface area contributed by atoms with E-state index in [1.807, 2.05) is 0 Å². The van der Waals surface area contributed by atoms with Gasteiger partial charge in [-0.1, -0.05) is 0 Å². The number of rotatable bonds is 7. The minimum absolute atomic E-state index is 0.0123. The van der Waals surface area contributed by atoms with Gasteiger partial charge >= 0.3 is 6.18 Å². The highest BCUT2D eigenvalue weighted by molar-refractivity contribution is 9.10. The molecule has 0 atom stereocenters. The number of nitrogens with one attached hydrogen (secondary N) is 2. The van der Waals surface area contributed by atoms with Crippen molar-refractivity contribution in [3.63, 3.8) is 0 Å². The predicted molar refractivity (Wildman–Crippen MR) is 112 cm³/mol. The number of aryl methyl sites for hydroxylation is 1. The fourth-order valence-corrected chi connectivity index (χ4v) is 4.00. The first-order valence-corrected chi connectivity index (χ1v) is 10.4. The van der Waals surface area contributed by atoms with Crippen molar-refractivity contribution in [2.24, 2.45) is 0 Å². The van der Waals surface area contributed by atoms with Gasteiger partial charge in [0.05, 0.1) is 10.2 Å². The molecule has 0 amide bonds. The van der Waals surface area contributed by atoms with E-state index in [4.69, 9.17) is 12.2 Å². The number of benzene rings is 1. The van der Waals surface area contributed by atoms with Gasteiger partial charge < -0.3 is 10.6 Å². The Morgan fingerprint density at radius 3 is 2.52 bits per heavy atom. The smallest absolute Gasteiger partial charge is 0.362 e. The minimum atomic E-state index is -4.48. The molecule has 1 aliphatic carbocycles. The monoisotopic (exact) mass is 488 g/mol. The normalized spacial score (nSPS) is 14.0. The Labute approximate surface area is 180 Å². The minimum Gasteiger partial charge on any atom is -0.362 e. The highest BCUT2D eigenvalue weighted by Crippen LogP contribution is 2.46. The molecular weight excluding hydrogens is 469 g/mol. The summed E-state index contributed by atoms with van der Waals surface area (Å²) in [5.74, 6) is 0.128. The summed E-state index contributed by atoms with van der Waals surface area (Å²) >= 11 is 8.32. The number of nitrogens with zero attached hydrogens (tertiary/aromatic N) is 2. The molecule has 1 fully saturated rings. The lowest BCUT2D eigenvalue weighted by Gasteiger charge is -2.12. The Morgan fingerprint density at radius 2 is 1.97 bits per heavy atom. The van der Waals surface area contributed by atoms with Crippen LogP contribution in [0.5, 0.6) is 0 Å². The lowest BCUT2D eigenvalue weighted by molar-refractivity contribution is -0.142. The predicted octanol–water partition coefficient (Wildman–Crippen LogP) is 5.12. The van der Waals surface area contributed by atoms with E-state index in [-0.39, 0.29) is 16.2 Å². The molecule has 1 aromatic heterocycles. The Bertz CT molecular complexity index is 907. The molecule has 0 radical (unpaired) electrons. The van der Waals surface area contributed by atoms with E-state index in [1.165, 1.54) is 11.6 Å². The first-order chi connectivity index (χ1) is 13.7. The van der Waals surface area contributed by atoms with E-state index in [0.29, 0.717) is 35.9 Å². The van der Waals surface area contributed by atoms with Crippen molar-refractivity contribution in [1.82, 2.24) is 15.1 Å². The number of alkyl halides is 3. The van der Waals surface area contributed by atoms with Crippen LogP contribution in [0.25, 0.3) is 0 Å². The van der Waals surface area contributed by atoms with Gasteiger partial charge in [-0.2, -0.15) is 18.3 Å². The molecule has 0 bridgehead atoms. The number of hydrogen-bond acceptors (Lipinski definition) is 3. The first-order valence-electron chi connectivity index (χ1n) is 9.16. The van der Waals surface area contributed by atoms with Gasteiger partial charge in [-0.15, -0.1) is 0 Å². The van der Waals surface area contributed by atoms with Crippen LogP contribution in [0.1, 0.15) is 53.8 Å². The molecule has 1 aromatic carbocycles. The molecule has 0 spiro atoms. The van der Waals surface area contributed by atoms with Crippen LogP contribution in [0.3, 0.4) is 0 Å². The Morgan fingerprint density at radius 1 is 1.31 bits per heavy atom. The molecule has 0 unspecified atom stereocenters. The Kier molecular flexibility index (Phi) is 6.62. The van der Waals surface area contributed by atoms with E-state index < -0.39 is 11.9 Å². The summed E-state index contributed by atoms with van der Waals surface area (Å²) in [6.07, 6.45) is -2.14. The molecule has 156 valence electrons. The number of carbonyl (C=O) groups is 1. The molecule has 1 saturated carbocycles. The molecule has 0 aliphatic heterocycles. The molecule has 5 nitrogen and oxygen atoms in total. The van der Waals surface area contributed by atoms with Gasteiger partial charge in [0.1, 0.15) is 0 Å². The van der Waals surface area contributed by atoms with Crippen molar-refractivity contribution >= 4 is 44.7 Å².